The first-order valence-corrected chi connectivity index (χ1v) is 8.23. The largest absolute Gasteiger partial charge is 0.314 e. The van der Waals surface area contributed by atoms with Crippen molar-refractivity contribution in [1.29, 1.82) is 0 Å². The molecule has 18 heavy (non-hydrogen) atoms. The Labute approximate surface area is 114 Å². The fraction of sp³-hybridized carbons (Fsp3) is 0.733. The predicted molar refractivity (Wildman–Crippen MR) is 78.1 cm³/mol. The third-order valence-electron chi connectivity index (χ3n) is 4.74. The van der Waals surface area contributed by atoms with Crippen molar-refractivity contribution in [3.63, 3.8) is 0 Å². The van der Waals surface area contributed by atoms with E-state index in [9.17, 15) is 0 Å². The summed E-state index contributed by atoms with van der Waals surface area (Å²) in [5.41, 5.74) is 0. The Bertz CT molecular complexity index is 349. The van der Waals surface area contributed by atoms with E-state index in [1.807, 2.05) is 11.3 Å². The van der Waals surface area contributed by atoms with Crippen molar-refractivity contribution in [3.05, 3.63) is 22.4 Å². The van der Waals surface area contributed by atoms with Crippen LogP contribution in [0.25, 0.3) is 0 Å². The number of rotatable bonds is 3. The molecule has 0 amide bonds. The molecule has 0 aromatic carbocycles. The van der Waals surface area contributed by atoms with Crippen molar-refractivity contribution in [2.24, 2.45) is 5.92 Å². The summed E-state index contributed by atoms with van der Waals surface area (Å²) in [6.45, 7) is 6.17. The van der Waals surface area contributed by atoms with E-state index in [0.717, 1.165) is 12.0 Å². The molecule has 100 valence electrons. The maximum Gasteiger partial charge on any atom is 0.0413 e. The molecule has 2 atom stereocenters. The molecular formula is C15H24N2S. The average molecular weight is 264 g/mol. The summed E-state index contributed by atoms with van der Waals surface area (Å²) in [7, 11) is 0. The van der Waals surface area contributed by atoms with Crippen LogP contribution < -0.4 is 5.32 Å². The Kier molecular flexibility index (Phi) is 4.02. The molecule has 0 spiro atoms. The molecule has 0 aliphatic carbocycles. The van der Waals surface area contributed by atoms with E-state index in [4.69, 9.17) is 0 Å². The highest BCUT2D eigenvalue weighted by Gasteiger charge is 2.30. The van der Waals surface area contributed by atoms with E-state index in [-0.39, 0.29) is 0 Å². The van der Waals surface area contributed by atoms with E-state index in [2.05, 4.69) is 34.7 Å². The zero-order chi connectivity index (χ0) is 12.4. The highest BCUT2D eigenvalue weighted by Crippen LogP contribution is 2.31. The molecule has 2 unspecified atom stereocenters. The van der Waals surface area contributed by atoms with Gasteiger partial charge in [0.25, 0.3) is 0 Å². The topological polar surface area (TPSA) is 15.3 Å². The van der Waals surface area contributed by atoms with Crippen molar-refractivity contribution < 1.29 is 0 Å². The van der Waals surface area contributed by atoms with E-state index >= 15 is 0 Å². The smallest absolute Gasteiger partial charge is 0.0413 e. The second-order valence-electron chi connectivity index (χ2n) is 5.77. The normalized spacial score (nSPS) is 28.6. The first-order chi connectivity index (χ1) is 8.84. The molecule has 2 fully saturated rings. The molecule has 3 heteroatoms. The number of piperidine rings is 1. The van der Waals surface area contributed by atoms with Crippen molar-refractivity contribution in [1.82, 2.24) is 10.2 Å². The van der Waals surface area contributed by atoms with Gasteiger partial charge in [0.1, 0.15) is 0 Å². The molecule has 2 aliphatic heterocycles. The predicted octanol–water partition coefficient (Wildman–Crippen LogP) is 3.27. The zero-order valence-electron chi connectivity index (χ0n) is 11.3. The molecule has 1 N–H and O–H groups in total. The minimum atomic E-state index is 0.613. The van der Waals surface area contributed by atoms with Crippen LogP contribution in [0, 0.1) is 5.92 Å². The third kappa shape index (κ3) is 2.63. The lowest BCUT2D eigenvalue weighted by Gasteiger charge is -2.37. The van der Waals surface area contributed by atoms with Gasteiger partial charge in [-0.05, 0) is 69.6 Å². The van der Waals surface area contributed by atoms with Gasteiger partial charge in [0.05, 0.1) is 0 Å². The van der Waals surface area contributed by atoms with Gasteiger partial charge in [-0.25, -0.2) is 0 Å². The Morgan fingerprint density at radius 3 is 2.78 bits per heavy atom. The van der Waals surface area contributed by atoms with Crippen molar-refractivity contribution >= 4 is 11.3 Å². The molecule has 3 heterocycles. The summed E-state index contributed by atoms with van der Waals surface area (Å²) >= 11 is 1.90. The highest BCUT2D eigenvalue weighted by atomic mass is 32.1. The Morgan fingerprint density at radius 1 is 1.33 bits per heavy atom. The molecule has 0 bridgehead atoms. The van der Waals surface area contributed by atoms with E-state index < -0.39 is 0 Å². The molecule has 1 aromatic heterocycles. The van der Waals surface area contributed by atoms with Gasteiger partial charge in [0.2, 0.25) is 0 Å². The number of hydrogen-bond acceptors (Lipinski definition) is 3. The fourth-order valence-electron chi connectivity index (χ4n) is 3.53. The van der Waals surface area contributed by atoms with Crippen LogP contribution in [0.5, 0.6) is 0 Å². The van der Waals surface area contributed by atoms with Gasteiger partial charge >= 0.3 is 0 Å². The summed E-state index contributed by atoms with van der Waals surface area (Å²) in [6.07, 6.45) is 5.56. The van der Waals surface area contributed by atoms with Crippen LogP contribution in [-0.4, -0.2) is 30.6 Å². The summed E-state index contributed by atoms with van der Waals surface area (Å²) in [4.78, 5) is 4.18. The second-order valence-corrected chi connectivity index (χ2v) is 6.75. The van der Waals surface area contributed by atoms with Crippen molar-refractivity contribution in [2.45, 2.75) is 44.7 Å². The standard InChI is InChI=1S/C15H24N2S/c1-12(15-5-3-11-18-15)17-9-6-13(7-10-17)14-4-2-8-16-14/h3,5,11-14,16H,2,4,6-10H2,1H3. The SMILES string of the molecule is CC(c1cccs1)N1CCC(C2CCCN2)CC1. The minimum Gasteiger partial charge on any atom is -0.314 e. The van der Waals surface area contributed by atoms with E-state index in [1.54, 1.807) is 0 Å². The highest BCUT2D eigenvalue weighted by molar-refractivity contribution is 7.10. The summed E-state index contributed by atoms with van der Waals surface area (Å²) in [5, 5.41) is 5.88. The molecule has 2 nitrogen and oxygen atoms in total. The Morgan fingerprint density at radius 2 is 2.17 bits per heavy atom. The van der Waals surface area contributed by atoms with Gasteiger partial charge in [0.15, 0.2) is 0 Å². The number of nitrogens with one attached hydrogen (secondary N) is 1. The zero-order valence-corrected chi connectivity index (χ0v) is 12.1. The van der Waals surface area contributed by atoms with Gasteiger partial charge in [-0.3, -0.25) is 4.90 Å². The quantitative estimate of drug-likeness (QED) is 0.901. The minimum absolute atomic E-state index is 0.613. The summed E-state index contributed by atoms with van der Waals surface area (Å²) in [5.74, 6) is 0.930. The van der Waals surface area contributed by atoms with Gasteiger partial charge in [-0.2, -0.15) is 0 Å². The molecule has 0 radical (unpaired) electrons. The Hall–Kier alpha value is -0.380. The molecular weight excluding hydrogens is 240 g/mol. The lowest BCUT2D eigenvalue weighted by atomic mass is 9.88. The number of likely N-dealkylation sites (tertiary alicyclic amines) is 1. The lowest BCUT2D eigenvalue weighted by molar-refractivity contribution is 0.128. The van der Waals surface area contributed by atoms with Gasteiger partial charge in [-0.15, -0.1) is 11.3 Å². The van der Waals surface area contributed by atoms with Crippen LogP contribution in [0.2, 0.25) is 0 Å². The fourth-order valence-corrected chi connectivity index (χ4v) is 4.35. The first-order valence-electron chi connectivity index (χ1n) is 7.35. The molecule has 0 saturated carbocycles. The van der Waals surface area contributed by atoms with E-state index in [1.165, 1.54) is 50.2 Å². The van der Waals surface area contributed by atoms with E-state index in [0.29, 0.717) is 6.04 Å². The Balaban J connectivity index is 1.53. The molecule has 2 aliphatic rings. The monoisotopic (exact) mass is 264 g/mol. The van der Waals surface area contributed by atoms with Crippen LogP contribution >= 0.6 is 11.3 Å². The van der Waals surface area contributed by atoms with Gasteiger partial charge < -0.3 is 5.32 Å². The maximum absolute atomic E-state index is 3.68. The number of nitrogens with zero attached hydrogens (tertiary/aromatic N) is 1. The number of hydrogen-bond donors (Lipinski definition) is 1. The summed E-state index contributed by atoms with van der Waals surface area (Å²) in [6, 6.07) is 5.89. The average Bonchev–Trinajstić information content (AvgIpc) is 3.11. The van der Waals surface area contributed by atoms with Crippen molar-refractivity contribution in [3.8, 4) is 0 Å². The molecule has 2 saturated heterocycles. The maximum atomic E-state index is 3.68. The third-order valence-corrected chi connectivity index (χ3v) is 5.79. The molecule has 1 aromatic rings. The lowest BCUT2D eigenvalue weighted by Crippen LogP contribution is -2.41. The van der Waals surface area contributed by atoms with Crippen LogP contribution in [0.15, 0.2) is 17.5 Å². The molecule has 3 rings (SSSR count). The van der Waals surface area contributed by atoms with Gasteiger partial charge in [-0.1, -0.05) is 6.07 Å². The van der Waals surface area contributed by atoms with Crippen LogP contribution in [-0.2, 0) is 0 Å². The number of thiophene rings is 1. The van der Waals surface area contributed by atoms with Crippen molar-refractivity contribution in [2.75, 3.05) is 19.6 Å². The van der Waals surface area contributed by atoms with Gasteiger partial charge in [0, 0.05) is 17.0 Å². The van der Waals surface area contributed by atoms with Crippen LogP contribution in [0.4, 0.5) is 0 Å². The summed E-state index contributed by atoms with van der Waals surface area (Å²) < 4.78 is 0. The van der Waals surface area contributed by atoms with Crippen LogP contribution in [0.1, 0.15) is 43.5 Å². The van der Waals surface area contributed by atoms with Crippen LogP contribution in [0.3, 0.4) is 0 Å². The second kappa shape index (κ2) is 5.72. The first kappa shape index (κ1) is 12.6.